The fraction of sp³-hybridized carbons (Fsp3) is 0.556. The highest BCUT2D eigenvalue weighted by Gasteiger charge is 2.20. The van der Waals surface area contributed by atoms with E-state index >= 15 is 0 Å². The average Bonchev–Trinajstić information content (AvgIpc) is 2.63. The molecular weight excluding hydrogens is 320 g/mol. The van der Waals surface area contributed by atoms with Crippen LogP contribution < -0.4 is 16.0 Å². The van der Waals surface area contributed by atoms with Gasteiger partial charge in [0.05, 0.1) is 13.0 Å². The number of aliphatic hydroxyl groups is 1. The number of hydrogen-bond acceptors (Lipinski definition) is 4. The third-order valence-electron chi connectivity index (χ3n) is 4.50. The molecule has 1 aliphatic heterocycles. The Morgan fingerprint density at radius 3 is 2.68 bits per heavy atom. The van der Waals surface area contributed by atoms with E-state index in [2.05, 4.69) is 20.9 Å². The molecule has 0 unspecified atom stereocenters. The van der Waals surface area contributed by atoms with E-state index in [0.29, 0.717) is 18.7 Å². The predicted molar refractivity (Wildman–Crippen MR) is 97.5 cm³/mol. The minimum Gasteiger partial charge on any atom is -0.395 e. The second-order valence-electron chi connectivity index (χ2n) is 6.30. The van der Waals surface area contributed by atoms with Crippen LogP contribution in [0.25, 0.3) is 0 Å². The van der Waals surface area contributed by atoms with Gasteiger partial charge in [0.25, 0.3) is 0 Å². The Hall–Kier alpha value is -2.12. The van der Waals surface area contributed by atoms with Gasteiger partial charge in [-0.25, -0.2) is 4.79 Å². The number of carbonyl (C=O) groups excluding carboxylic acids is 2. The Balaban J connectivity index is 1.71. The standard InChI is InChI=1S/C18H28N4O3/c1-19-17(24)12-14-5-7-15(8-6-14)21-18(25)20-9-11-22-10-3-2-4-16(22)13-23/h5-8,16,23H,2-4,9-13H2,1H3,(H,19,24)(H2,20,21,25)/t16-/m1/s1. The molecule has 1 saturated heterocycles. The maximum atomic E-state index is 12.0. The number of nitrogens with zero attached hydrogens (tertiary/aromatic N) is 1. The molecule has 1 fully saturated rings. The van der Waals surface area contributed by atoms with Gasteiger partial charge in [0.1, 0.15) is 0 Å². The molecule has 1 aliphatic rings. The van der Waals surface area contributed by atoms with Crippen LogP contribution in [0.2, 0.25) is 0 Å². The van der Waals surface area contributed by atoms with Crippen molar-refractivity contribution in [1.29, 1.82) is 0 Å². The number of urea groups is 1. The average molecular weight is 348 g/mol. The summed E-state index contributed by atoms with van der Waals surface area (Å²) in [7, 11) is 1.61. The van der Waals surface area contributed by atoms with Gasteiger partial charge >= 0.3 is 6.03 Å². The second-order valence-corrected chi connectivity index (χ2v) is 6.30. The van der Waals surface area contributed by atoms with Crippen molar-refractivity contribution in [3.63, 3.8) is 0 Å². The quantitative estimate of drug-likeness (QED) is 0.590. The molecule has 7 heteroatoms. The fourth-order valence-corrected chi connectivity index (χ4v) is 3.03. The molecule has 0 radical (unpaired) electrons. The van der Waals surface area contributed by atoms with E-state index in [-0.39, 0.29) is 24.6 Å². The summed E-state index contributed by atoms with van der Waals surface area (Å²) in [6.07, 6.45) is 3.65. The molecule has 0 spiro atoms. The monoisotopic (exact) mass is 348 g/mol. The molecule has 7 nitrogen and oxygen atoms in total. The summed E-state index contributed by atoms with van der Waals surface area (Å²) < 4.78 is 0. The Morgan fingerprint density at radius 1 is 1.24 bits per heavy atom. The molecule has 1 atom stereocenters. The molecule has 1 aromatic carbocycles. The van der Waals surface area contributed by atoms with E-state index in [4.69, 9.17) is 0 Å². The summed E-state index contributed by atoms with van der Waals surface area (Å²) in [5, 5.41) is 17.6. The molecular formula is C18H28N4O3. The van der Waals surface area contributed by atoms with Gasteiger partial charge in [-0.2, -0.15) is 0 Å². The van der Waals surface area contributed by atoms with Crippen LogP contribution in [0.1, 0.15) is 24.8 Å². The number of benzene rings is 1. The zero-order valence-electron chi connectivity index (χ0n) is 14.8. The van der Waals surface area contributed by atoms with Crippen LogP contribution in [-0.2, 0) is 11.2 Å². The van der Waals surface area contributed by atoms with Crippen molar-refractivity contribution in [1.82, 2.24) is 15.5 Å². The summed E-state index contributed by atoms with van der Waals surface area (Å²) in [5.74, 6) is -0.0441. The maximum Gasteiger partial charge on any atom is 0.319 e. The van der Waals surface area contributed by atoms with Crippen LogP contribution in [-0.4, -0.2) is 61.3 Å². The second kappa shape index (κ2) is 10.0. The van der Waals surface area contributed by atoms with Crippen LogP contribution in [0.15, 0.2) is 24.3 Å². The maximum absolute atomic E-state index is 12.0. The van der Waals surface area contributed by atoms with E-state index in [1.54, 1.807) is 19.2 Å². The van der Waals surface area contributed by atoms with Gasteiger partial charge in [-0.1, -0.05) is 18.6 Å². The zero-order chi connectivity index (χ0) is 18.1. The van der Waals surface area contributed by atoms with Gasteiger partial charge < -0.3 is 21.1 Å². The highest BCUT2D eigenvalue weighted by Crippen LogP contribution is 2.15. The van der Waals surface area contributed by atoms with Gasteiger partial charge in [-0.15, -0.1) is 0 Å². The molecule has 3 amide bonds. The van der Waals surface area contributed by atoms with Crippen molar-refractivity contribution in [2.45, 2.75) is 31.7 Å². The minimum atomic E-state index is -0.253. The van der Waals surface area contributed by atoms with Crippen LogP contribution in [0.5, 0.6) is 0 Å². The van der Waals surface area contributed by atoms with Gasteiger partial charge in [0.2, 0.25) is 5.91 Å². The minimum absolute atomic E-state index is 0.0441. The Labute approximate surface area is 148 Å². The Bertz CT molecular complexity index is 562. The van der Waals surface area contributed by atoms with Crippen molar-refractivity contribution in [2.24, 2.45) is 0 Å². The lowest BCUT2D eigenvalue weighted by Gasteiger charge is -2.34. The summed E-state index contributed by atoms with van der Waals surface area (Å²) in [6.45, 7) is 2.43. The number of nitrogens with one attached hydrogen (secondary N) is 3. The molecule has 138 valence electrons. The number of piperidine rings is 1. The molecule has 2 rings (SSSR count). The predicted octanol–water partition coefficient (Wildman–Crippen LogP) is 0.943. The first-order valence-corrected chi connectivity index (χ1v) is 8.81. The molecule has 0 aromatic heterocycles. The Morgan fingerprint density at radius 2 is 2.00 bits per heavy atom. The summed E-state index contributed by atoms with van der Waals surface area (Å²) in [5.41, 5.74) is 1.58. The largest absolute Gasteiger partial charge is 0.395 e. The van der Waals surface area contributed by atoms with E-state index < -0.39 is 0 Å². The molecule has 0 saturated carbocycles. The van der Waals surface area contributed by atoms with Gasteiger partial charge in [-0.05, 0) is 37.1 Å². The lowest BCUT2D eigenvalue weighted by molar-refractivity contribution is -0.119. The lowest BCUT2D eigenvalue weighted by atomic mass is 10.0. The molecule has 1 heterocycles. The lowest BCUT2D eigenvalue weighted by Crippen LogP contribution is -2.46. The molecule has 0 bridgehead atoms. The first-order chi connectivity index (χ1) is 12.1. The smallest absolute Gasteiger partial charge is 0.319 e. The number of carbonyl (C=O) groups is 2. The number of anilines is 1. The normalized spacial score (nSPS) is 17.8. The van der Waals surface area contributed by atoms with E-state index in [1.165, 1.54) is 0 Å². The number of aliphatic hydroxyl groups excluding tert-OH is 1. The molecule has 25 heavy (non-hydrogen) atoms. The summed E-state index contributed by atoms with van der Waals surface area (Å²) in [6, 6.07) is 7.17. The zero-order valence-corrected chi connectivity index (χ0v) is 14.8. The van der Waals surface area contributed by atoms with Crippen molar-refractivity contribution in [3.8, 4) is 0 Å². The number of amides is 3. The van der Waals surface area contributed by atoms with Crippen molar-refractivity contribution in [3.05, 3.63) is 29.8 Å². The van der Waals surface area contributed by atoms with Crippen LogP contribution in [0, 0.1) is 0 Å². The van der Waals surface area contributed by atoms with Gasteiger partial charge in [0.15, 0.2) is 0 Å². The summed E-state index contributed by atoms with van der Waals surface area (Å²) in [4.78, 5) is 25.5. The third-order valence-corrected chi connectivity index (χ3v) is 4.50. The summed E-state index contributed by atoms with van der Waals surface area (Å²) >= 11 is 0. The van der Waals surface area contributed by atoms with Gasteiger partial charge in [0, 0.05) is 31.9 Å². The van der Waals surface area contributed by atoms with Crippen LogP contribution in [0.3, 0.4) is 0 Å². The number of likely N-dealkylation sites (tertiary alicyclic amines) is 1. The molecule has 1 aromatic rings. The Kier molecular flexibility index (Phi) is 7.69. The van der Waals surface area contributed by atoms with E-state index in [0.717, 1.165) is 37.9 Å². The SMILES string of the molecule is CNC(=O)Cc1ccc(NC(=O)NCCN2CCCC[C@@H]2CO)cc1. The van der Waals surface area contributed by atoms with Crippen LogP contribution in [0.4, 0.5) is 10.5 Å². The van der Waals surface area contributed by atoms with Gasteiger partial charge in [-0.3, -0.25) is 9.69 Å². The topological polar surface area (TPSA) is 93.7 Å². The number of likely N-dealkylation sites (N-methyl/N-ethyl adjacent to an activating group) is 1. The van der Waals surface area contributed by atoms with Crippen molar-refractivity contribution in [2.75, 3.05) is 38.6 Å². The molecule has 0 aliphatic carbocycles. The number of rotatable bonds is 7. The van der Waals surface area contributed by atoms with Crippen molar-refractivity contribution >= 4 is 17.6 Å². The fourth-order valence-electron chi connectivity index (χ4n) is 3.03. The highest BCUT2D eigenvalue weighted by molar-refractivity contribution is 5.89. The highest BCUT2D eigenvalue weighted by atomic mass is 16.3. The van der Waals surface area contributed by atoms with E-state index in [1.807, 2.05) is 12.1 Å². The van der Waals surface area contributed by atoms with E-state index in [9.17, 15) is 14.7 Å². The van der Waals surface area contributed by atoms with Crippen LogP contribution >= 0.6 is 0 Å². The first kappa shape index (κ1) is 19.2. The van der Waals surface area contributed by atoms with Crippen molar-refractivity contribution < 1.29 is 14.7 Å². The third kappa shape index (κ3) is 6.36. The number of hydrogen-bond donors (Lipinski definition) is 4. The first-order valence-electron chi connectivity index (χ1n) is 8.81. The molecule has 4 N–H and O–H groups in total.